The SMILES string of the molecule is Cc1ccc(C(=O)CSc2nnc(SCC(=O)c3ccc(Cl)cc3)s2)cc1. The Labute approximate surface area is 174 Å². The zero-order valence-corrected chi connectivity index (χ0v) is 17.6. The van der Waals surface area contributed by atoms with Crippen molar-refractivity contribution >= 4 is 58.0 Å². The molecule has 0 aliphatic rings. The van der Waals surface area contributed by atoms with Gasteiger partial charge in [0.25, 0.3) is 0 Å². The average molecular weight is 435 g/mol. The standard InChI is InChI=1S/C19H15ClN2O2S3/c1-12-2-4-13(5-3-12)16(23)10-25-18-21-22-19(27-18)26-11-17(24)14-6-8-15(20)9-7-14/h2-9H,10-11H2,1H3. The van der Waals surface area contributed by atoms with Crippen LogP contribution in [0.15, 0.2) is 57.2 Å². The minimum absolute atomic E-state index is 0.00983. The third-order valence-electron chi connectivity index (χ3n) is 3.58. The van der Waals surface area contributed by atoms with Crippen LogP contribution in [0.3, 0.4) is 0 Å². The third kappa shape index (κ3) is 5.90. The summed E-state index contributed by atoms with van der Waals surface area (Å²) in [5.74, 6) is 0.660. The molecule has 138 valence electrons. The van der Waals surface area contributed by atoms with Crippen molar-refractivity contribution in [3.8, 4) is 0 Å². The van der Waals surface area contributed by atoms with Crippen molar-refractivity contribution < 1.29 is 9.59 Å². The summed E-state index contributed by atoms with van der Waals surface area (Å²) in [5, 5.41) is 8.77. The second-order valence-electron chi connectivity index (χ2n) is 5.63. The van der Waals surface area contributed by atoms with Crippen LogP contribution in [0.5, 0.6) is 0 Å². The highest BCUT2D eigenvalue weighted by atomic mass is 35.5. The smallest absolute Gasteiger partial charge is 0.175 e. The molecule has 0 aliphatic heterocycles. The summed E-state index contributed by atoms with van der Waals surface area (Å²) in [6.45, 7) is 1.99. The van der Waals surface area contributed by atoms with Gasteiger partial charge in [-0.15, -0.1) is 10.2 Å². The van der Waals surface area contributed by atoms with Crippen LogP contribution in [-0.4, -0.2) is 33.3 Å². The van der Waals surface area contributed by atoms with E-state index in [2.05, 4.69) is 10.2 Å². The Bertz CT molecular complexity index is 864. The Morgan fingerprint density at radius 3 is 1.78 bits per heavy atom. The van der Waals surface area contributed by atoms with Crippen LogP contribution in [-0.2, 0) is 0 Å². The summed E-state index contributed by atoms with van der Waals surface area (Å²) < 4.78 is 1.43. The van der Waals surface area contributed by atoms with Crippen molar-refractivity contribution in [1.82, 2.24) is 10.2 Å². The minimum atomic E-state index is 0.00983. The predicted octanol–water partition coefficient (Wildman–Crippen LogP) is 5.45. The van der Waals surface area contributed by atoms with Gasteiger partial charge in [-0.25, -0.2) is 0 Å². The second kappa shape index (κ2) is 9.50. The zero-order valence-electron chi connectivity index (χ0n) is 14.3. The van der Waals surface area contributed by atoms with E-state index in [9.17, 15) is 9.59 Å². The number of Topliss-reactive ketones (excluding diaryl/α,β-unsaturated/α-hetero) is 2. The summed E-state index contributed by atoms with van der Waals surface area (Å²) in [7, 11) is 0. The third-order valence-corrected chi connectivity index (χ3v) is 7.02. The van der Waals surface area contributed by atoms with Crippen LogP contribution < -0.4 is 0 Å². The highest BCUT2D eigenvalue weighted by molar-refractivity contribution is 8.03. The number of hydrogen-bond donors (Lipinski definition) is 0. The molecule has 0 N–H and O–H groups in total. The van der Waals surface area contributed by atoms with E-state index in [1.54, 1.807) is 24.3 Å². The van der Waals surface area contributed by atoms with E-state index in [1.807, 2.05) is 31.2 Å². The molecule has 0 unspecified atom stereocenters. The van der Waals surface area contributed by atoms with Crippen LogP contribution in [0.1, 0.15) is 26.3 Å². The average Bonchev–Trinajstić information content (AvgIpc) is 3.13. The maximum atomic E-state index is 12.2. The number of carbonyl (C=O) groups excluding carboxylic acids is 2. The molecule has 0 atom stereocenters. The van der Waals surface area contributed by atoms with Crippen LogP contribution in [0.4, 0.5) is 0 Å². The van der Waals surface area contributed by atoms with Gasteiger partial charge < -0.3 is 0 Å². The Hall–Kier alpha value is -1.67. The Morgan fingerprint density at radius 2 is 1.30 bits per heavy atom. The first-order valence-corrected chi connectivity index (χ1v) is 11.2. The lowest BCUT2D eigenvalue weighted by atomic mass is 10.1. The first-order chi connectivity index (χ1) is 13.0. The lowest BCUT2D eigenvalue weighted by molar-refractivity contribution is 0.101. The molecule has 0 amide bonds. The number of carbonyl (C=O) groups is 2. The zero-order chi connectivity index (χ0) is 19.2. The number of thioether (sulfide) groups is 2. The minimum Gasteiger partial charge on any atom is -0.293 e. The molecule has 8 heteroatoms. The van der Waals surface area contributed by atoms with Gasteiger partial charge in [-0.3, -0.25) is 9.59 Å². The second-order valence-corrected chi connectivity index (χ2v) is 9.49. The molecule has 0 bridgehead atoms. The predicted molar refractivity (Wildman–Crippen MR) is 113 cm³/mol. The number of rotatable bonds is 8. The monoisotopic (exact) mass is 434 g/mol. The molecule has 1 aromatic heterocycles. The lowest BCUT2D eigenvalue weighted by Gasteiger charge is -2.00. The maximum absolute atomic E-state index is 12.2. The quantitative estimate of drug-likeness (QED) is 0.347. The molecule has 3 aromatic rings. The van der Waals surface area contributed by atoms with Crippen molar-refractivity contribution in [3.05, 3.63) is 70.2 Å². The highest BCUT2D eigenvalue weighted by Gasteiger charge is 2.12. The molecule has 4 nitrogen and oxygen atoms in total. The van der Waals surface area contributed by atoms with Crippen molar-refractivity contribution in [2.45, 2.75) is 15.6 Å². The van der Waals surface area contributed by atoms with Crippen molar-refractivity contribution in [3.63, 3.8) is 0 Å². The number of ketones is 2. The molecule has 1 heterocycles. The van der Waals surface area contributed by atoms with E-state index in [0.29, 0.717) is 26.2 Å². The van der Waals surface area contributed by atoms with E-state index in [1.165, 1.54) is 34.9 Å². The van der Waals surface area contributed by atoms with Crippen molar-refractivity contribution in [2.75, 3.05) is 11.5 Å². The van der Waals surface area contributed by atoms with Gasteiger partial charge in [0, 0.05) is 16.1 Å². The molecular weight excluding hydrogens is 420 g/mol. The van der Waals surface area contributed by atoms with Crippen LogP contribution >= 0.6 is 46.5 Å². The summed E-state index contributed by atoms with van der Waals surface area (Å²) in [6.07, 6.45) is 0. The number of halogens is 1. The van der Waals surface area contributed by atoms with Crippen molar-refractivity contribution in [2.24, 2.45) is 0 Å². The molecule has 0 spiro atoms. The number of benzene rings is 2. The molecular formula is C19H15ClN2O2S3. The normalized spacial score (nSPS) is 10.7. The molecule has 0 saturated carbocycles. The number of hydrogen-bond acceptors (Lipinski definition) is 7. The van der Waals surface area contributed by atoms with Gasteiger partial charge in [-0.2, -0.15) is 0 Å². The summed E-state index contributed by atoms with van der Waals surface area (Å²) in [6, 6.07) is 14.3. The van der Waals surface area contributed by atoms with Gasteiger partial charge in [-0.05, 0) is 31.2 Å². The number of nitrogens with zero attached hydrogens (tertiary/aromatic N) is 2. The van der Waals surface area contributed by atoms with Crippen molar-refractivity contribution in [1.29, 1.82) is 0 Å². The van der Waals surface area contributed by atoms with Gasteiger partial charge in [0.1, 0.15) is 0 Å². The van der Waals surface area contributed by atoms with Gasteiger partial charge >= 0.3 is 0 Å². The molecule has 2 aromatic carbocycles. The van der Waals surface area contributed by atoms with E-state index in [4.69, 9.17) is 11.6 Å². The van der Waals surface area contributed by atoms with E-state index >= 15 is 0 Å². The molecule has 0 saturated heterocycles. The van der Waals surface area contributed by atoms with Gasteiger partial charge in [0.2, 0.25) is 0 Å². The summed E-state index contributed by atoms with van der Waals surface area (Å²) >= 11 is 9.93. The number of aromatic nitrogens is 2. The fourth-order valence-corrected chi connectivity index (χ4v) is 5.05. The van der Waals surface area contributed by atoms with Crippen LogP contribution in [0.2, 0.25) is 5.02 Å². The topological polar surface area (TPSA) is 59.9 Å². The van der Waals surface area contributed by atoms with Gasteiger partial charge in [0.15, 0.2) is 20.2 Å². The highest BCUT2D eigenvalue weighted by Crippen LogP contribution is 2.29. The maximum Gasteiger partial charge on any atom is 0.175 e. The Kier molecular flexibility index (Phi) is 7.07. The summed E-state index contributed by atoms with van der Waals surface area (Å²) in [4.78, 5) is 24.4. The fraction of sp³-hybridized carbons (Fsp3) is 0.158. The van der Waals surface area contributed by atoms with Gasteiger partial charge in [0.05, 0.1) is 11.5 Å². The van der Waals surface area contributed by atoms with Crippen LogP contribution in [0.25, 0.3) is 0 Å². The summed E-state index contributed by atoms with van der Waals surface area (Å²) in [5.41, 5.74) is 2.44. The first-order valence-electron chi connectivity index (χ1n) is 7.99. The van der Waals surface area contributed by atoms with E-state index in [-0.39, 0.29) is 17.3 Å². The van der Waals surface area contributed by atoms with E-state index < -0.39 is 0 Å². The molecule has 0 aliphatic carbocycles. The molecule has 0 fully saturated rings. The van der Waals surface area contributed by atoms with Crippen LogP contribution in [0, 0.1) is 6.92 Å². The first kappa shape index (κ1) is 20.1. The molecule has 27 heavy (non-hydrogen) atoms. The van der Waals surface area contributed by atoms with E-state index in [0.717, 1.165) is 9.90 Å². The largest absolute Gasteiger partial charge is 0.293 e. The Morgan fingerprint density at radius 1 is 0.852 bits per heavy atom. The van der Waals surface area contributed by atoms with Gasteiger partial charge in [-0.1, -0.05) is 76.3 Å². The fourth-order valence-electron chi connectivity index (χ4n) is 2.11. The number of aryl methyl sites for hydroxylation is 1. The lowest BCUT2D eigenvalue weighted by Crippen LogP contribution is -2.01. The Balaban J connectivity index is 1.49. The molecule has 0 radical (unpaired) electrons. The molecule has 3 rings (SSSR count).